The Morgan fingerprint density at radius 3 is 2.52 bits per heavy atom. The first-order valence-electron chi connectivity index (χ1n) is 6.55. The molecule has 1 aliphatic rings. The summed E-state index contributed by atoms with van der Waals surface area (Å²) in [4.78, 5) is 12.3. The maximum atomic E-state index is 12.3. The molecule has 0 aromatic heterocycles. The third kappa shape index (κ3) is 2.98. The van der Waals surface area contributed by atoms with Crippen LogP contribution in [0.3, 0.4) is 0 Å². The Balaban J connectivity index is 1.81. The first-order valence-corrected chi connectivity index (χ1v) is 6.55. The number of hydrogen-bond acceptors (Lipinski definition) is 5. The molecule has 1 atom stereocenters. The molecule has 5 heteroatoms. The zero-order valence-corrected chi connectivity index (χ0v) is 11.2. The van der Waals surface area contributed by atoms with E-state index in [1.807, 2.05) is 0 Å². The van der Waals surface area contributed by atoms with E-state index in [0.29, 0.717) is 19.0 Å². The van der Waals surface area contributed by atoms with Gasteiger partial charge in [-0.1, -0.05) is 12.1 Å². The fraction of sp³-hybridized carbons (Fsp3) is 0.188. The van der Waals surface area contributed by atoms with Crippen molar-refractivity contribution in [2.75, 3.05) is 13.2 Å². The molecule has 2 aromatic carbocycles. The van der Waals surface area contributed by atoms with Gasteiger partial charge < -0.3 is 19.7 Å². The lowest BCUT2D eigenvalue weighted by molar-refractivity contribution is 0.103. The number of para-hydroxylation sites is 1. The zero-order valence-electron chi connectivity index (χ0n) is 11.2. The SMILES string of the molecule is O=C(c1ccccc1O)c1ccc(OCC2CO2)cc1O. The van der Waals surface area contributed by atoms with Gasteiger partial charge in [0.05, 0.1) is 17.7 Å². The molecule has 3 rings (SSSR count). The van der Waals surface area contributed by atoms with Gasteiger partial charge >= 0.3 is 0 Å². The first-order chi connectivity index (χ1) is 10.1. The van der Waals surface area contributed by atoms with Crippen molar-refractivity contribution in [3.05, 3.63) is 53.6 Å². The van der Waals surface area contributed by atoms with Crippen LogP contribution in [0.15, 0.2) is 42.5 Å². The molecule has 2 N–H and O–H groups in total. The van der Waals surface area contributed by atoms with Crippen LogP contribution in [0.5, 0.6) is 17.2 Å². The van der Waals surface area contributed by atoms with Crippen molar-refractivity contribution in [2.24, 2.45) is 0 Å². The number of rotatable bonds is 5. The van der Waals surface area contributed by atoms with Gasteiger partial charge in [0.25, 0.3) is 0 Å². The van der Waals surface area contributed by atoms with Crippen LogP contribution in [-0.2, 0) is 4.74 Å². The highest BCUT2D eigenvalue weighted by molar-refractivity contribution is 6.12. The van der Waals surface area contributed by atoms with Gasteiger partial charge in [0, 0.05) is 6.07 Å². The first kappa shape index (κ1) is 13.5. The summed E-state index contributed by atoms with van der Waals surface area (Å²) >= 11 is 0. The second-order valence-electron chi connectivity index (χ2n) is 4.79. The standard InChI is InChI=1S/C16H14O5/c17-14-4-2-1-3-12(14)16(19)13-6-5-10(7-15(13)18)20-8-11-9-21-11/h1-7,11,17-18H,8-9H2. The summed E-state index contributed by atoms with van der Waals surface area (Å²) in [5.41, 5.74) is 0.263. The van der Waals surface area contributed by atoms with Gasteiger partial charge in [-0.25, -0.2) is 0 Å². The Morgan fingerprint density at radius 2 is 1.86 bits per heavy atom. The molecular formula is C16H14O5. The summed E-state index contributed by atoms with van der Waals surface area (Å²) in [6.45, 7) is 1.11. The highest BCUT2D eigenvalue weighted by atomic mass is 16.6. The number of carbonyl (C=O) groups excluding carboxylic acids is 1. The lowest BCUT2D eigenvalue weighted by atomic mass is 10.0. The summed E-state index contributed by atoms with van der Waals surface area (Å²) < 4.78 is 10.5. The molecule has 108 valence electrons. The Bertz CT molecular complexity index is 676. The number of ketones is 1. The van der Waals surface area contributed by atoms with E-state index in [0.717, 1.165) is 0 Å². The molecule has 5 nitrogen and oxygen atoms in total. The molecule has 1 saturated heterocycles. The number of carbonyl (C=O) groups is 1. The Morgan fingerprint density at radius 1 is 1.14 bits per heavy atom. The lowest BCUT2D eigenvalue weighted by Gasteiger charge is -2.08. The fourth-order valence-electron chi connectivity index (χ4n) is 1.96. The molecule has 2 aromatic rings. The van der Waals surface area contributed by atoms with E-state index in [1.165, 1.54) is 24.3 Å². The number of epoxide rings is 1. The van der Waals surface area contributed by atoms with Gasteiger partial charge in [-0.3, -0.25) is 4.79 Å². The van der Waals surface area contributed by atoms with Crippen molar-refractivity contribution in [1.82, 2.24) is 0 Å². The minimum atomic E-state index is -0.442. The van der Waals surface area contributed by atoms with Crippen molar-refractivity contribution < 1.29 is 24.5 Å². The van der Waals surface area contributed by atoms with Gasteiger partial charge in [0.1, 0.15) is 30.0 Å². The largest absolute Gasteiger partial charge is 0.507 e. The summed E-state index contributed by atoms with van der Waals surface area (Å²) in [6.07, 6.45) is 0.120. The molecule has 0 bridgehead atoms. The van der Waals surface area contributed by atoms with E-state index in [4.69, 9.17) is 9.47 Å². The van der Waals surface area contributed by atoms with Crippen molar-refractivity contribution in [2.45, 2.75) is 6.10 Å². The van der Waals surface area contributed by atoms with Crippen LogP contribution in [0.25, 0.3) is 0 Å². The van der Waals surface area contributed by atoms with Gasteiger partial charge in [0.15, 0.2) is 5.78 Å². The number of phenols is 2. The van der Waals surface area contributed by atoms with Gasteiger partial charge in [-0.05, 0) is 24.3 Å². The quantitative estimate of drug-likeness (QED) is 0.650. The number of phenolic OH excluding ortho intramolecular Hbond substituents is 2. The molecule has 1 aliphatic heterocycles. The maximum absolute atomic E-state index is 12.3. The van der Waals surface area contributed by atoms with E-state index in [1.54, 1.807) is 18.2 Å². The van der Waals surface area contributed by atoms with Crippen LogP contribution >= 0.6 is 0 Å². The summed E-state index contributed by atoms with van der Waals surface area (Å²) in [7, 11) is 0. The third-order valence-electron chi connectivity index (χ3n) is 3.20. The van der Waals surface area contributed by atoms with Crippen LogP contribution in [0.2, 0.25) is 0 Å². The number of ether oxygens (including phenoxy) is 2. The van der Waals surface area contributed by atoms with Gasteiger partial charge in [-0.15, -0.1) is 0 Å². The van der Waals surface area contributed by atoms with Crippen molar-refractivity contribution >= 4 is 5.78 Å². The number of aromatic hydroxyl groups is 2. The maximum Gasteiger partial charge on any atom is 0.200 e. The van der Waals surface area contributed by atoms with Crippen LogP contribution in [0, 0.1) is 0 Å². The highest BCUT2D eigenvalue weighted by Gasteiger charge is 2.23. The average Bonchev–Trinajstić information content (AvgIpc) is 3.29. The van der Waals surface area contributed by atoms with Crippen molar-refractivity contribution in [1.29, 1.82) is 0 Å². The van der Waals surface area contributed by atoms with E-state index >= 15 is 0 Å². The summed E-state index contributed by atoms with van der Waals surface area (Å²) in [5.74, 6) is -0.273. The summed E-state index contributed by atoms with van der Waals surface area (Å²) in [5, 5.41) is 19.7. The van der Waals surface area contributed by atoms with Crippen LogP contribution in [0.4, 0.5) is 0 Å². The molecule has 21 heavy (non-hydrogen) atoms. The number of benzene rings is 2. The van der Waals surface area contributed by atoms with Crippen molar-refractivity contribution in [3.8, 4) is 17.2 Å². The minimum Gasteiger partial charge on any atom is -0.507 e. The Kier molecular flexibility index (Phi) is 3.50. The van der Waals surface area contributed by atoms with Crippen LogP contribution < -0.4 is 4.74 Å². The van der Waals surface area contributed by atoms with Gasteiger partial charge in [0.2, 0.25) is 0 Å². The fourth-order valence-corrected chi connectivity index (χ4v) is 1.96. The van der Waals surface area contributed by atoms with E-state index in [9.17, 15) is 15.0 Å². The average molecular weight is 286 g/mol. The Hall–Kier alpha value is -2.53. The number of hydrogen-bond donors (Lipinski definition) is 2. The second-order valence-corrected chi connectivity index (χ2v) is 4.79. The van der Waals surface area contributed by atoms with Crippen LogP contribution in [0.1, 0.15) is 15.9 Å². The monoisotopic (exact) mass is 286 g/mol. The molecule has 0 amide bonds. The van der Waals surface area contributed by atoms with Crippen LogP contribution in [-0.4, -0.2) is 35.3 Å². The molecule has 1 unspecified atom stereocenters. The predicted molar refractivity (Wildman–Crippen MR) is 74.9 cm³/mol. The molecular weight excluding hydrogens is 272 g/mol. The highest BCUT2D eigenvalue weighted by Crippen LogP contribution is 2.28. The van der Waals surface area contributed by atoms with E-state index in [-0.39, 0.29) is 28.7 Å². The lowest BCUT2D eigenvalue weighted by Crippen LogP contribution is -2.05. The second kappa shape index (κ2) is 5.46. The molecule has 0 radical (unpaired) electrons. The minimum absolute atomic E-state index is 0.117. The summed E-state index contributed by atoms with van der Waals surface area (Å²) in [6, 6.07) is 10.7. The third-order valence-corrected chi connectivity index (χ3v) is 3.20. The van der Waals surface area contributed by atoms with E-state index in [2.05, 4.69) is 0 Å². The van der Waals surface area contributed by atoms with E-state index < -0.39 is 5.78 Å². The van der Waals surface area contributed by atoms with Crippen molar-refractivity contribution in [3.63, 3.8) is 0 Å². The molecule has 0 saturated carbocycles. The molecule has 0 spiro atoms. The molecule has 1 fully saturated rings. The topological polar surface area (TPSA) is 79.3 Å². The zero-order chi connectivity index (χ0) is 14.8. The smallest absolute Gasteiger partial charge is 0.200 e. The Labute approximate surface area is 121 Å². The predicted octanol–water partition coefficient (Wildman–Crippen LogP) is 2.11. The molecule has 1 heterocycles. The van der Waals surface area contributed by atoms with Gasteiger partial charge in [-0.2, -0.15) is 0 Å². The normalized spacial score (nSPS) is 16.5. The molecule has 0 aliphatic carbocycles.